The lowest BCUT2D eigenvalue weighted by molar-refractivity contribution is 0.102. The molecule has 19 heavy (non-hydrogen) atoms. The van der Waals surface area contributed by atoms with Crippen LogP contribution in [-0.4, -0.2) is 43.7 Å². The molecule has 2 unspecified atom stereocenters. The summed E-state index contributed by atoms with van der Waals surface area (Å²) in [5.74, 6) is 0.334. The van der Waals surface area contributed by atoms with Crippen molar-refractivity contribution in [1.29, 1.82) is 0 Å². The number of hydrogen-bond donors (Lipinski definition) is 1. The number of hydrogen-bond acceptors (Lipinski definition) is 4. The minimum absolute atomic E-state index is 0.334. The second-order valence-electron chi connectivity index (χ2n) is 4.51. The largest absolute Gasteiger partial charge is 0.507 e. The van der Waals surface area contributed by atoms with E-state index in [2.05, 4.69) is 0 Å². The molecule has 3 rings (SSSR count). The zero-order valence-corrected chi connectivity index (χ0v) is 11.1. The molecule has 1 N–H and O–H groups in total. The van der Waals surface area contributed by atoms with Crippen LogP contribution in [0.2, 0.25) is 0 Å². The highest BCUT2D eigenvalue weighted by Gasteiger charge is 2.26. The first-order valence-corrected chi connectivity index (χ1v) is 6.51. The molecule has 0 spiro atoms. The molecule has 0 saturated carbocycles. The Hall–Kier alpha value is -1.36. The number of aromatic hydroxyl groups is 1. The fraction of sp³-hybridized carbons (Fsp3) is 0.467. The molecule has 2 atom stereocenters. The highest BCUT2D eigenvalue weighted by atomic mass is 16.6. The lowest BCUT2D eigenvalue weighted by Crippen LogP contribution is -2.06. The number of ether oxygens (including phenoxy) is 3. The molecule has 2 heterocycles. The third kappa shape index (κ3) is 5.87. The van der Waals surface area contributed by atoms with Crippen LogP contribution in [0.4, 0.5) is 0 Å². The average Bonchev–Trinajstić information content (AvgIpc) is 3.27. The van der Waals surface area contributed by atoms with E-state index in [0.29, 0.717) is 18.0 Å². The monoisotopic (exact) mass is 264 g/mol. The summed E-state index contributed by atoms with van der Waals surface area (Å²) < 4.78 is 15.1. The normalized spacial score (nSPS) is 23.8. The van der Waals surface area contributed by atoms with Gasteiger partial charge < -0.3 is 19.3 Å². The minimum atomic E-state index is 0.334. The number of phenolic OH excluding ortho intramolecular Hbond substituents is 1. The third-order valence-corrected chi connectivity index (χ3v) is 2.70. The molecule has 2 aliphatic rings. The van der Waals surface area contributed by atoms with Crippen molar-refractivity contribution >= 4 is 6.08 Å². The van der Waals surface area contributed by atoms with Crippen LogP contribution in [0.15, 0.2) is 30.3 Å². The second kappa shape index (κ2) is 7.28. The van der Waals surface area contributed by atoms with Crippen LogP contribution in [0.3, 0.4) is 0 Å². The van der Waals surface area contributed by atoms with E-state index in [0.717, 1.165) is 32.0 Å². The molecule has 4 heteroatoms. The summed E-state index contributed by atoms with van der Waals surface area (Å²) >= 11 is 0. The molecule has 1 aromatic carbocycles. The Balaban J connectivity index is 0.000000141. The Kier molecular flexibility index (Phi) is 5.39. The minimum Gasteiger partial charge on any atom is -0.507 e. The van der Waals surface area contributed by atoms with E-state index in [-0.39, 0.29) is 0 Å². The standard InChI is InChI=1S/C9H10O.C6H10O3/c1-2-5-8-6-3-4-7-9(8)10;1(5-3-8-5)7-2-6-4-9-6/h2-7,10H,1H3;5-6H,1-4H2. The lowest BCUT2D eigenvalue weighted by Gasteiger charge is -1.95. The van der Waals surface area contributed by atoms with Crippen molar-refractivity contribution in [2.24, 2.45) is 0 Å². The Morgan fingerprint density at radius 1 is 1.21 bits per heavy atom. The fourth-order valence-corrected chi connectivity index (χ4v) is 1.47. The molecule has 0 amide bonds. The molecule has 2 saturated heterocycles. The quantitative estimate of drug-likeness (QED) is 0.829. The molecule has 0 aliphatic carbocycles. The smallest absolute Gasteiger partial charge is 0.122 e. The predicted molar refractivity (Wildman–Crippen MR) is 73.1 cm³/mol. The zero-order chi connectivity index (χ0) is 13.5. The van der Waals surface area contributed by atoms with Crippen molar-refractivity contribution in [3.63, 3.8) is 0 Å². The predicted octanol–water partition coefficient (Wildman–Crippen LogP) is 2.23. The van der Waals surface area contributed by atoms with Gasteiger partial charge in [0.05, 0.1) is 26.4 Å². The number of rotatable bonds is 5. The molecule has 0 bridgehead atoms. The van der Waals surface area contributed by atoms with Crippen LogP contribution >= 0.6 is 0 Å². The van der Waals surface area contributed by atoms with Crippen LogP contribution in [-0.2, 0) is 14.2 Å². The van der Waals surface area contributed by atoms with E-state index in [1.165, 1.54) is 0 Å². The van der Waals surface area contributed by atoms with Gasteiger partial charge in [0.25, 0.3) is 0 Å². The van der Waals surface area contributed by atoms with Gasteiger partial charge >= 0.3 is 0 Å². The van der Waals surface area contributed by atoms with E-state index in [9.17, 15) is 5.11 Å². The van der Waals surface area contributed by atoms with Crippen LogP contribution in [0.5, 0.6) is 5.75 Å². The van der Waals surface area contributed by atoms with Gasteiger partial charge in [0, 0.05) is 5.56 Å². The molecular formula is C15H20O4. The van der Waals surface area contributed by atoms with Crippen molar-refractivity contribution < 1.29 is 19.3 Å². The number of epoxide rings is 2. The van der Waals surface area contributed by atoms with Gasteiger partial charge in [-0.05, 0) is 13.0 Å². The second-order valence-corrected chi connectivity index (χ2v) is 4.51. The van der Waals surface area contributed by atoms with Gasteiger partial charge in [0.1, 0.15) is 18.0 Å². The first-order chi connectivity index (χ1) is 9.29. The van der Waals surface area contributed by atoms with E-state index < -0.39 is 0 Å². The Morgan fingerprint density at radius 3 is 2.26 bits per heavy atom. The maximum absolute atomic E-state index is 9.19. The molecule has 2 fully saturated rings. The summed E-state index contributed by atoms with van der Waals surface area (Å²) in [5, 5.41) is 9.19. The molecule has 4 nitrogen and oxygen atoms in total. The molecule has 0 aromatic heterocycles. The molecule has 104 valence electrons. The number of para-hydroxylation sites is 1. The zero-order valence-electron chi connectivity index (χ0n) is 11.1. The summed E-state index contributed by atoms with van der Waals surface area (Å²) in [7, 11) is 0. The van der Waals surface area contributed by atoms with E-state index in [1.54, 1.807) is 6.07 Å². The SMILES string of the molecule is C(OCC1CO1)C1CO1.CC=Cc1ccccc1O. The van der Waals surface area contributed by atoms with Gasteiger partial charge in [0.15, 0.2) is 0 Å². The van der Waals surface area contributed by atoms with E-state index in [1.807, 2.05) is 37.3 Å². The topological polar surface area (TPSA) is 54.5 Å². The van der Waals surface area contributed by atoms with Crippen molar-refractivity contribution in [3.8, 4) is 5.75 Å². The summed E-state index contributed by atoms with van der Waals surface area (Å²) in [6, 6.07) is 7.25. The van der Waals surface area contributed by atoms with Gasteiger partial charge in [-0.3, -0.25) is 0 Å². The lowest BCUT2D eigenvalue weighted by atomic mass is 10.2. The van der Waals surface area contributed by atoms with E-state index >= 15 is 0 Å². The van der Waals surface area contributed by atoms with Crippen LogP contribution < -0.4 is 0 Å². The highest BCUT2D eigenvalue weighted by Crippen LogP contribution is 2.16. The summed E-state index contributed by atoms with van der Waals surface area (Å²) in [6.45, 7) is 5.18. The maximum atomic E-state index is 9.19. The molecular weight excluding hydrogens is 244 g/mol. The molecule has 2 aliphatic heterocycles. The van der Waals surface area contributed by atoms with Crippen molar-refractivity contribution in [2.45, 2.75) is 19.1 Å². The Bertz CT molecular complexity index is 396. The van der Waals surface area contributed by atoms with Crippen LogP contribution in [0.25, 0.3) is 6.08 Å². The summed E-state index contributed by atoms with van der Waals surface area (Å²) in [5.41, 5.74) is 0.866. The molecule has 1 aromatic rings. The van der Waals surface area contributed by atoms with Crippen molar-refractivity contribution in [3.05, 3.63) is 35.9 Å². The Morgan fingerprint density at radius 2 is 1.79 bits per heavy atom. The van der Waals surface area contributed by atoms with Crippen molar-refractivity contribution in [1.82, 2.24) is 0 Å². The Labute approximate surface area is 113 Å². The van der Waals surface area contributed by atoms with Crippen LogP contribution in [0, 0.1) is 0 Å². The third-order valence-electron chi connectivity index (χ3n) is 2.70. The van der Waals surface area contributed by atoms with Gasteiger partial charge in [-0.15, -0.1) is 0 Å². The van der Waals surface area contributed by atoms with Gasteiger partial charge in [0.2, 0.25) is 0 Å². The summed E-state index contributed by atoms with van der Waals surface area (Å²) in [6.07, 6.45) is 4.55. The number of phenols is 1. The average molecular weight is 264 g/mol. The molecule has 0 radical (unpaired) electrons. The number of allylic oxidation sites excluding steroid dienone is 1. The van der Waals surface area contributed by atoms with Gasteiger partial charge in [-0.25, -0.2) is 0 Å². The fourth-order valence-electron chi connectivity index (χ4n) is 1.47. The van der Waals surface area contributed by atoms with Gasteiger partial charge in [-0.2, -0.15) is 0 Å². The van der Waals surface area contributed by atoms with Crippen molar-refractivity contribution in [2.75, 3.05) is 26.4 Å². The number of benzene rings is 1. The maximum Gasteiger partial charge on any atom is 0.122 e. The highest BCUT2D eigenvalue weighted by molar-refractivity contribution is 5.55. The van der Waals surface area contributed by atoms with Crippen LogP contribution in [0.1, 0.15) is 12.5 Å². The van der Waals surface area contributed by atoms with Gasteiger partial charge in [-0.1, -0.05) is 30.4 Å². The summed E-state index contributed by atoms with van der Waals surface area (Å²) in [4.78, 5) is 0. The first kappa shape index (κ1) is 14.1. The first-order valence-electron chi connectivity index (χ1n) is 6.51. The van der Waals surface area contributed by atoms with E-state index in [4.69, 9.17) is 14.2 Å².